The lowest BCUT2D eigenvalue weighted by Gasteiger charge is -2.26. The number of aromatic nitrogens is 1. The molecule has 1 aromatic heterocycles. The van der Waals surface area contributed by atoms with E-state index >= 15 is 0 Å². The highest BCUT2D eigenvalue weighted by Gasteiger charge is 2.22. The number of unbranched alkanes of at least 4 members (excludes halogenated alkanes) is 1. The summed E-state index contributed by atoms with van der Waals surface area (Å²) >= 11 is 1.81. The van der Waals surface area contributed by atoms with E-state index in [-0.39, 0.29) is 6.04 Å². The van der Waals surface area contributed by atoms with Crippen molar-refractivity contribution in [2.75, 3.05) is 5.32 Å². The number of anilines is 1. The number of hydrogen-bond acceptors (Lipinski definition) is 3. The highest BCUT2D eigenvalue weighted by atomic mass is 32.1. The van der Waals surface area contributed by atoms with E-state index in [0.29, 0.717) is 17.8 Å². The molecular weight excluding hydrogens is 372 g/mol. The van der Waals surface area contributed by atoms with Crippen LogP contribution in [-0.2, 0) is 0 Å². The maximum Gasteiger partial charge on any atom is 0.100 e. The maximum atomic E-state index is 5.10. The highest BCUT2D eigenvalue weighted by Crippen LogP contribution is 2.37. The van der Waals surface area contributed by atoms with Crippen LogP contribution >= 0.6 is 11.3 Å². The molecule has 0 aliphatic heterocycles. The van der Waals surface area contributed by atoms with Crippen molar-refractivity contribution in [3.8, 4) is 0 Å². The molecule has 0 radical (unpaired) electrons. The van der Waals surface area contributed by atoms with Crippen LogP contribution in [0, 0.1) is 0 Å². The van der Waals surface area contributed by atoms with Crippen LogP contribution in [0.1, 0.15) is 106 Å². The van der Waals surface area contributed by atoms with E-state index < -0.39 is 0 Å². The lowest BCUT2D eigenvalue weighted by Crippen LogP contribution is -2.15. The molecule has 1 aliphatic carbocycles. The van der Waals surface area contributed by atoms with Crippen LogP contribution in [0.15, 0.2) is 47.9 Å². The van der Waals surface area contributed by atoms with Gasteiger partial charge in [-0.3, -0.25) is 0 Å². The van der Waals surface area contributed by atoms with Gasteiger partial charge >= 0.3 is 0 Å². The summed E-state index contributed by atoms with van der Waals surface area (Å²) in [5.74, 6) is 1.42. The topological polar surface area (TPSA) is 24.9 Å². The number of hydrogen-bond donors (Lipinski definition) is 1. The Hall–Kier alpha value is -1.87. The zero-order valence-electron chi connectivity index (χ0n) is 18.6. The molecule has 3 rings (SSSR count). The van der Waals surface area contributed by atoms with E-state index in [0.717, 1.165) is 12.8 Å². The number of nitrogens with zero attached hydrogens (tertiary/aromatic N) is 1. The second-order valence-electron chi connectivity index (χ2n) is 8.73. The summed E-state index contributed by atoms with van der Waals surface area (Å²) < 4.78 is 0. The first-order valence-electron chi connectivity index (χ1n) is 11.2. The second-order valence-corrected chi connectivity index (χ2v) is 9.62. The van der Waals surface area contributed by atoms with E-state index in [2.05, 4.69) is 87.8 Å². The minimum Gasteiger partial charge on any atom is -0.376 e. The van der Waals surface area contributed by atoms with Crippen LogP contribution in [0.25, 0.3) is 0 Å². The standard InChI is InChI=1S/C26H36N2S/c1-6-7-16-23(24-17-29-26(28-24)20-12-9-8-10-13-20)27-25-21(18(2)3)14-11-15-22(25)19(4)5/h8-12,14-15,17-20,23,27H,6-7,13,16H2,1-5H3. The van der Waals surface area contributed by atoms with Gasteiger partial charge in [-0.1, -0.05) is 90.0 Å². The van der Waals surface area contributed by atoms with Crippen molar-refractivity contribution >= 4 is 17.0 Å². The van der Waals surface area contributed by atoms with Crippen molar-refractivity contribution < 1.29 is 0 Å². The molecule has 0 fully saturated rings. The Balaban J connectivity index is 1.92. The summed E-state index contributed by atoms with van der Waals surface area (Å²) in [7, 11) is 0. The smallest absolute Gasteiger partial charge is 0.100 e. The normalized spacial score (nSPS) is 17.3. The summed E-state index contributed by atoms with van der Waals surface area (Å²) in [6, 6.07) is 7.03. The molecule has 0 bridgehead atoms. The van der Waals surface area contributed by atoms with Crippen molar-refractivity contribution in [1.29, 1.82) is 0 Å². The van der Waals surface area contributed by atoms with Gasteiger partial charge in [0.15, 0.2) is 0 Å². The average Bonchev–Trinajstić information content (AvgIpc) is 3.21. The van der Waals surface area contributed by atoms with Gasteiger partial charge in [0.05, 0.1) is 11.7 Å². The van der Waals surface area contributed by atoms with Crippen molar-refractivity contribution in [2.45, 2.75) is 84.1 Å². The maximum absolute atomic E-state index is 5.10. The molecule has 2 unspecified atom stereocenters. The third-order valence-corrected chi connectivity index (χ3v) is 6.73. The molecule has 1 aliphatic rings. The Morgan fingerprint density at radius 1 is 1.10 bits per heavy atom. The number of allylic oxidation sites excluding steroid dienone is 4. The van der Waals surface area contributed by atoms with Crippen LogP contribution in [0.2, 0.25) is 0 Å². The molecule has 156 valence electrons. The van der Waals surface area contributed by atoms with Crippen molar-refractivity contribution in [3.05, 3.63) is 69.7 Å². The monoisotopic (exact) mass is 408 g/mol. The van der Waals surface area contributed by atoms with Crippen LogP contribution in [0.4, 0.5) is 5.69 Å². The average molecular weight is 409 g/mol. The first-order valence-corrected chi connectivity index (χ1v) is 12.1. The Bertz CT molecular complexity index is 818. The predicted molar refractivity (Wildman–Crippen MR) is 128 cm³/mol. The van der Waals surface area contributed by atoms with Crippen LogP contribution in [0.5, 0.6) is 0 Å². The van der Waals surface area contributed by atoms with Gasteiger partial charge in [-0.15, -0.1) is 11.3 Å². The summed E-state index contributed by atoms with van der Waals surface area (Å²) in [5, 5.41) is 7.48. The summed E-state index contributed by atoms with van der Waals surface area (Å²) in [5.41, 5.74) is 5.35. The summed E-state index contributed by atoms with van der Waals surface area (Å²) in [6.07, 6.45) is 13.4. The molecule has 1 N–H and O–H groups in total. The molecule has 0 spiro atoms. The van der Waals surface area contributed by atoms with Gasteiger partial charge in [0.2, 0.25) is 0 Å². The first-order chi connectivity index (χ1) is 14.0. The largest absolute Gasteiger partial charge is 0.376 e. The third-order valence-electron chi connectivity index (χ3n) is 5.73. The lowest BCUT2D eigenvalue weighted by atomic mass is 9.91. The van der Waals surface area contributed by atoms with E-state index in [4.69, 9.17) is 4.98 Å². The Kier molecular flexibility index (Phi) is 7.71. The highest BCUT2D eigenvalue weighted by molar-refractivity contribution is 7.09. The van der Waals surface area contributed by atoms with E-state index in [1.165, 1.54) is 40.4 Å². The molecule has 0 amide bonds. The number of rotatable bonds is 9. The van der Waals surface area contributed by atoms with E-state index in [1.807, 2.05) is 11.3 Å². The quantitative estimate of drug-likeness (QED) is 0.451. The molecule has 3 heteroatoms. The van der Waals surface area contributed by atoms with Crippen LogP contribution < -0.4 is 5.32 Å². The molecule has 0 saturated heterocycles. The Morgan fingerprint density at radius 2 is 1.83 bits per heavy atom. The third kappa shape index (κ3) is 5.39. The van der Waals surface area contributed by atoms with E-state index in [9.17, 15) is 0 Å². The lowest BCUT2D eigenvalue weighted by molar-refractivity contribution is 0.618. The minimum atomic E-state index is 0.264. The van der Waals surface area contributed by atoms with Gasteiger partial charge < -0.3 is 5.32 Å². The van der Waals surface area contributed by atoms with Gasteiger partial charge in [-0.2, -0.15) is 0 Å². The minimum absolute atomic E-state index is 0.264. The Morgan fingerprint density at radius 3 is 2.41 bits per heavy atom. The molecule has 29 heavy (non-hydrogen) atoms. The fourth-order valence-corrected chi connectivity index (χ4v) is 4.96. The number of nitrogens with one attached hydrogen (secondary N) is 1. The van der Waals surface area contributed by atoms with Crippen molar-refractivity contribution in [1.82, 2.24) is 4.98 Å². The second kappa shape index (κ2) is 10.2. The zero-order valence-corrected chi connectivity index (χ0v) is 19.4. The molecule has 2 atom stereocenters. The van der Waals surface area contributed by atoms with Gasteiger partial charge in [0.25, 0.3) is 0 Å². The molecule has 2 nitrogen and oxygen atoms in total. The van der Waals surface area contributed by atoms with Gasteiger partial charge in [0, 0.05) is 17.0 Å². The predicted octanol–water partition coefficient (Wildman–Crippen LogP) is 8.33. The van der Waals surface area contributed by atoms with Gasteiger partial charge in [0.1, 0.15) is 5.01 Å². The zero-order chi connectivity index (χ0) is 20.8. The fraction of sp³-hybridized carbons (Fsp3) is 0.500. The summed E-state index contributed by atoms with van der Waals surface area (Å²) in [6.45, 7) is 11.4. The number of thiazole rings is 1. The van der Waals surface area contributed by atoms with Gasteiger partial charge in [-0.05, 0) is 35.8 Å². The Labute approximate surface area is 181 Å². The number of para-hydroxylation sites is 1. The van der Waals surface area contributed by atoms with Crippen molar-refractivity contribution in [3.63, 3.8) is 0 Å². The molecule has 0 saturated carbocycles. The van der Waals surface area contributed by atoms with Crippen LogP contribution in [0.3, 0.4) is 0 Å². The summed E-state index contributed by atoms with van der Waals surface area (Å²) in [4.78, 5) is 5.10. The fourth-order valence-electron chi connectivity index (χ4n) is 3.99. The van der Waals surface area contributed by atoms with Crippen LogP contribution in [-0.4, -0.2) is 4.98 Å². The molecule has 2 aromatic rings. The van der Waals surface area contributed by atoms with E-state index in [1.54, 1.807) is 0 Å². The van der Waals surface area contributed by atoms with Crippen molar-refractivity contribution in [2.24, 2.45) is 0 Å². The first kappa shape index (κ1) is 21.8. The van der Waals surface area contributed by atoms with Gasteiger partial charge in [-0.25, -0.2) is 4.98 Å². The molecular formula is C26H36N2S. The number of benzene rings is 1. The molecule has 1 heterocycles. The SMILES string of the molecule is CCCCC(Nc1c(C(C)C)cccc1C(C)C)c1csc(C2C=CC=CC2)n1. The molecule has 1 aromatic carbocycles.